The number of nitrogens with zero attached hydrogens (tertiary/aromatic N) is 1. The third-order valence-corrected chi connectivity index (χ3v) is 3.34. The quantitative estimate of drug-likeness (QED) is 0.888. The van der Waals surface area contributed by atoms with E-state index in [0.29, 0.717) is 12.1 Å². The van der Waals surface area contributed by atoms with Gasteiger partial charge in [-0.3, -0.25) is 4.79 Å². The van der Waals surface area contributed by atoms with Crippen LogP contribution in [0.4, 0.5) is 0 Å². The number of likely N-dealkylation sites (N-methyl/N-ethyl adjacent to an activating group) is 2. The fraction of sp³-hybridized carbons (Fsp3) is 0.562. The molecular weight excluding hydrogens is 252 g/mol. The SMILES string of the molecule is CNCCN(C)C(=O)c1cc(C)cc(C(C)(C)C)c1O. The van der Waals surface area contributed by atoms with E-state index in [1.165, 1.54) is 0 Å². The Morgan fingerprint density at radius 1 is 1.35 bits per heavy atom. The van der Waals surface area contributed by atoms with Crippen LogP contribution >= 0.6 is 0 Å². The number of amides is 1. The molecule has 112 valence electrons. The van der Waals surface area contributed by atoms with E-state index in [1.807, 2.05) is 40.8 Å². The number of phenols is 1. The first-order chi connectivity index (χ1) is 9.18. The standard InChI is InChI=1S/C16H26N2O2/c1-11-9-12(15(20)18(6)8-7-17-5)14(19)13(10-11)16(2,3)4/h9-10,17,19H,7-8H2,1-6H3. The van der Waals surface area contributed by atoms with Gasteiger partial charge in [-0.2, -0.15) is 0 Å². The van der Waals surface area contributed by atoms with Crippen molar-refractivity contribution < 1.29 is 9.90 Å². The van der Waals surface area contributed by atoms with E-state index < -0.39 is 0 Å². The number of aromatic hydroxyl groups is 1. The smallest absolute Gasteiger partial charge is 0.257 e. The highest BCUT2D eigenvalue weighted by Gasteiger charge is 2.24. The Bertz CT molecular complexity index is 490. The monoisotopic (exact) mass is 278 g/mol. The minimum Gasteiger partial charge on any atom is -0.507 e. The van der Waals surface area contributed by atoms with Crippen LogP contribution in [-0.2, 0) is 5.41 Å². The largest absolute Gasteiger partial charge is 0.507 e. The van der Waals surface area contributed by atoms with E-state index in [-0.39, 0.29) is 17.1 Å². The van der Waals surface area contributed by atoms with E-state index in [4.69, 9.17) is 0 Å². The molecule has 4 nitrogen and oxygen atoms in total. The summed E-state index contributed by atoms with van der Waals surface area (Å²) in [5.74, 6) is -0.0450. The highest BCUT2D eigenvalue weighted by Crippen LogP contribution is 2.34. The highest BCUT2D eigenvalue weighted by atomic mass is 16.3. The molecule has 1 rings (SSSR count). The maximum Gasteiger partial charge on any atom is 0.257 e. The average molecular weight is 278 g/mol. The molecule has 4 heteroatoms. The van der Waals surface area contributed by atoms with Crippen LogP contribution < -0.4 is 5.32 Å². The number of phenolic OH excluding ortho intramolecular Hbond substituents is 1. The van der Waals surface area contributed by atoms with Crippen LogP contribution in [0.25, 0.3) is 0 Å². The summed E-state index contributed by atoms with van der Waals surface area (Å²) in [6, 6.07) is 3.70. The van der Waals surface area contributed by atoms with Crippen molar-refractivity contribution in [2.24, 2.45) is 0 Å². The molecule has 0 aromatic heterocycles. The number of nitrogens with one attached hydrogen (secondary N) is 1. The number of hydrogen-bond acceptors (Lipinski definition) is 3. The lowest BCUT2D eigenvalue weighted by Crippen LogP contribution is -2.33. The number of aryl methyl sites for hydroxylation is 1. The molecule has 0 aliphatic rings. The Morgan fingerprint density at radius 3 is 2.45 bits per heavy atom. The number of carbonyl (C=O) groups excluding carboxylic acids is 1. The lowest BCUT2D eigenvalue weighted by molar-refractivity contribution is 0.0793. The van der Waals surface area contributed by atoms with Gasteiger partial charge in [-0.25, -0.2) is 0 Å². The second-order valence-corrected chi connectivity index (χ2v) is 6.29. The first-order valence-corrected chi connectivity index (χ1v) is 6.92. The number of benzene rings is 1. The summed E-state index contributed by atoms with van der Waals surface area (Å²) in [6.45, 7) is 9.36. The Labute approximate surface area is 121 Å². The molecule has 0 spiro atoms. The first kappa shape index (κ1) is 16.5. The van der Waals surface area contributed by atoms with Gasteiger partial charge in [0.2, 0.25) is 0 Å². The van der Waals surface area contributed by atoms with Gasteiger partial charge in [0.25, 0.3) is 5.91 Å². The third kappa shape index (κ3) is 3.73. The van der Waals surface area contributed by atoms with E-state index in [0.717, 1.165) is 17.7 Å². The molecule has 1 amide bonds. The van der Waals surface area contributed by atoms with Crippen molar-refractivity contribution in [1.82, 2.24) is 10.2 Å². The molecule has 0 fully saturated rings. The van der Waals surface area contributed by atoms with Crippen LogP contribution in [0.3, 0.4) is 0 Å². The van der Waals surface area contributed by atoms with Gasteiger partial charge in [0.15, 0.2) is 0 Å². The molecule has 0 aliphatic heterocycles. The molecule has 0 saturated carbocycles. The number of hydrogen-bond donors (Lipinski definition) is 2. The highest BCUT2D eigenvalue weighted by molar-refractivity contribution is 5.97. The maximum absolute atomic E-state index is 12.4. The van der Waals surface area contributed by atoms with Crippen molar-refractivity contribution in [3.63, 3.8) is 0 Å². The Hall–Kier alpha value is -1.55. The molecule has 0 heterocycles. The topological polar surface area (TPSA) is 52.6 Å². The van der Waals surface area contributed by atoms with E-state index in [9.17, 15) is 9.90 Å². The molecule has 0 atom stereocenters. The zero-order chi connectivity index (χ0) is 15.5. The lowest BCUT2D eigenvalue weighted by Gasteiger charge is -2.24. The third-order valence-electron chi connectivity index (χ3n) is 3.34. The summed E-state index contributed by atoms with van der Waals surface area (Å²) in [7, 11) is 3.60. The summed E-state index contributed by atoms with van der Waals surface area (Å²) >= 11 is 0. The van der Waals surface area contributed by atoms with Crippen LogP contribution in [0, 0.1) is 6.92 Å². The Kier molecular flexibility index (Phi) is 5.17. The number of rotatable bonds is 4. The number of carbonyl (C=O) groups is 1. The van der Waals surface area contributed by atoms with Gasteiger partial charge < -0.3 is 15.3 Å². The molecule has 1 aromatic carbocycles. The van der Waals surface area contributed by atoms with Gasteiger partial charge in [0.1, 0.15) is 5.75 Å². The average Bonchev–Trinajstić information content (AvgIpc) is 2.36. The van der Waals surface area contributed by atoms with Crippen molar-refractivity contribution in [3.05, 3.63) is 28.8 Å². The van der Waals surface area contributed by atoms with Gasteiger partial charge in [0, 0.05) is 25.7 Å². The second-order valence-electron chi connectivity index (χ2n) is 6.29. The molecule has 0 bridgehead atoms. The molecular formula is C16H26N2O2. The predicted molar refractivity (Wildman–Crippen MR) is 82.4 cm³/mol. The molecule has 0 aliphatic carbocycles. The van der Waals surface area contributed by atoms with Gasteiger partial charge in [-0.15, -0.1) is 0 Å². The van der Waals surface area contributed by atoms with Crippen LogP contribution in [0.1, 0.15) is 42.3 Å². The molecule has 1 aromatic rings. The fourth-order valence-corrected chi connectivity index (χ4v) is 2.10. The Balaban J connectivity index is 3.19. The molecule has 0 unspecified atom stereocenters. The van der Waals surface area contributed by atoms with Gasteiger partial charge >= 0.3 is 0 Å². The van der Waals surface area contributed by atoms with E-state index >= 15 is 0 Å². The van der Waals surface area contributed by atoms with Gasteiger partial charge in [0.05, 0.1) is 5.56 Å². The minimum absolute atomic E-state index is 0.101. The molecule has 2 N–H and O–H groups in total. The summed E-state index contributed by atoms with van der Waals surface area (Å²) in [4.78, 5) is 14.1. The van der Waals surface area contributed by atoms with Gasteiger partial charge in [-0.1, -0.05) is 26.8 Å². The summed E-state index contributed by atoms with van der Waals surface area (Å²) in [5.41, 5.74) is 1.98. The Morgan fingerprint density at radius 2 is 1.95 bits per heavy atom. The molecule has 0 radical (unpaired) electrons. The first-order valence-electron chi connectivity index (χ1n) is 6.92. The van der Waals surface area contributed by atoms with Crippen molar-refractivity contribution >= 4 is 5.91 Å². The maximum atomic E-state index is 12.4. The summed E-state index contributed by atoms with van der Waals surface area (Å²) in [5, 5.41) is 13.4. The van der Waals surface area contributed by atoms with Crippen LogP contribution in [0.2, 0.25) is 0 Å². The van der Waals surface area contributed by atoms with Gasteiger partial charge in [-0.05, 0) is 31.0 Å². The van der Waals surface area contributed by atoms with E-state index in [2.05, 4.69) is 5.32 Å². The fourth-order valence-electron chi connectivity index (χ4n) is 2.10. The molecule has 20 heavy (non-hydrogen) atoms. The van der Waals surface area contributed by atoms with Crippen molar-refractivity contribution in [3.8, 4) is 5.75 Å². The van der Waals surface area contributed by atoms with Crippen molar-refractivity contribution in [2.75, 3.05) is 27.2 Å². The predicted octanol–water partition coefficient (Wildman–Crippen LogP) is 2.29. The lowest BCUT2D eigenvalue weighted by atomic mass is 9.84. The zero-order valence-electron chi connectivity index (χ0n) is 13.4. The summed E-state index contributed by atoms with van der Waals surface area (Å²) in [6.07, 6.45) is 0. The van der Waals surface area contributed by atoms with Crippen LogP contribution in [0.5, 0.6) is 5.75 Å². The minimum atomic E-state index is -0.200. The normalized spacial score (nSPS) is 11.5. The van der Waals surface area contributed by atoms with Crippen molar-refractivity contribution in [1.29, 1.82) is 0 Å². The van der Waals surface area contributed by atoms with Crippen molar-refractivity contribution in [2.45, 2.75) is 33.1 Å². The van der Waals surface area contributed by atoms with E-state index in [1.54, 1.807) is 18.0 Å². The summed E-state index contributed by atoms with van der Waals surface area (Å²) < 4.78 is 0. The van der Waals surface area contributed by atoms with Crippen LogP contribution in [-0.4, -0.2) is 43.1 Å². The van der Waals surface area contributed by atoms with Crippen LogP contribution in [0.15, 0.2) is 12.1 Å². The second kappa shape index (κ2) is 6.27. The molecule has 0 saturated heterocycles. The zero-order valence-corrected chi connectivity index (χ0v) is 13.4.